The Hall–Kier alpha value is -2.47. The van der Waals surface area contributed by atoms with Crippen LogP contribution < -0.4 is 0 Å². The Kier molecular flexibility index (Phi) is 3.90. The van der Waals surface area contributed by atoms with E-state index in [1.165, 1.54) is 0 Å². The first-order valence-corrected chi connectivity index (χ1v) is 8.92. The van der Waals surface area contributed by atoms with Gasteiger partial charge in [0.2, 0.25) is 0 Å². The highest BCUT2D eigenvalue weighted by atomic mass is 32.1. The number of aryl methyl sites for hydroxylation is 1. The van der Waals surface area contributed by atoms with Gasteiger partial charge in [0.1, 0.15) is 5.69 Å². The Morgan fingerprint density at radius 2 is 2.21 bits per heavy atom. The minimum Gasteiger partial charge on any atom is -0.357 e. The SMILES string of the molecule is Cc1nc(-c2c[nH]c(C(=O)N3CCCC3c3ccncc3)c2)cs1. The highest BCUT2D eigenvalue weighted by Gasteiger charge is 2.31. The number of hydrogen-bond acceptors (Lipinski definition) is 4. The lowest BCUT2D eigenvalue weighted by molar-refractivity contribution is 0.0730. The standard InChI is InChI=1S/C18H18N4OS/c1-12-21-16(11-24-12)14-9-15(20-10-14)18(23)22-8-2-3-17(22)13-4-6-19-7-5-13/h4-7,9-11,17,20H,2-3,8H2,1H3. The second-order valence-corrected chi connectivity index (χ2v) is 7.05. The third-order valence-electron chi connectivity index (χ3n) is 4.43. The van der Waals surface area contributed by atoms with Gasteiger partial charge in [0.05, 0.1) is 16.7 Å². The number of nitrogens with zero attached hydrogens (tertiary/aromatic N) is 3. The number of thiazole rings is 1. The Bertz CT molecular complexity index is 855. The van der Waals surface area contributed by atoms with Gasteiger partial charge in [-0.1, -0.05) is 0 Å². The first-order chi connectivity index (χ1) is 11.7. The molecule has 4 heterocycles. The maximum Gasteiger partial charge on any atom is 0.270 e. The van der Waals surface area contributed by atoms with Gasteiger partial charge in [0.25, 0.3) is 5.91 Å². The maximum atomic E-state index is 12.9. The molecule has 0 aromatic carbocycles. The van der Waals surface area contributed by atoms with Crippen LogP contribution >= 0.6 is 11.3 Å². The number of rotatable bonds is 3. The van der Waals surface area contributed by atoms with Crippen LogP contribution in [0.1, 0.15) is 39.9 Å². The molecule has 0 aliphatic carbocycles. The summed E-state index contributed by atoms with van der Waals surface area (Å²) in [5, 5.41) is 3.04. The van der Waals surface area contributed by atoms with Crippen LogP contribution in [0.4, 0.5) is 0 Å². The zero-order chi connectivity index (χ0) is 16.5. The molecule has 1 atom stereocenters. The largest absolute Gasteiger partial charge is 0.357 e. The van der Waals surface area contributed by atoms with Crippen molar-refractivity contribution in [2.24, 2.45) is 0 Å². The molecule has 1 aliphatic rings. The number of amides is 1. The van der Waals surface area contributed by atoms with Gasteiger partial charge in [0, 0.05) is 36.1 Å². The Balaban J connectivity index is 1.58. The molecule has 122 valence electrons. The smallest absolute Gasteiger partial charge is 0.270 e. The summed E-state index contributed by atoms with van der Waals surface area (Å²) in [4.78, 5) is 26.6. The third-order valence-corrected chi connectivity index (χ3v) is 5.21. The zero-order valence-corrected chi connectivity index (χ0v) is 14.2. The quantitative estimate of drug-likeness (QED) is 0.790. The monoisotopic (exact) mass is 338 g/mol. The van der Waals surface area contributed by atoms with E-state index in [-0.39, 0.29) is 11.9 Å². The fourth-order valence-corrected chi connectivity index (χ4v) is 3.88. The Morgan fingerprint density at radius 3 is 2.96 bits per heavy atom. The number of nitrogens with one attached hydrogen (secondary N) is 1. The van der Waals surface area contributed by atoms with E-state index in [4.69, 9.17) is 0 Å². The maximum absolute atomic E-state index is 12.9. The van der Waals surface area contributed by atoms with Crippen molar-refractivity contribution in [3.8, 4) is 11.3 Å². The van der Waals surface area contributed by atoms with Crippen LogP contribution in [0.15, 0.2) is 42.2 Å². The molecular weight excluding hydrogens is 320 g/mol. The van der Waals surface area contributed by atoms with Crippen molar-refractivity contribution in [1.29, 1.82) is 0 Å². The predicted octanol–water partition coefficient (Wildman–Crippen LogP) is 3.82. The summed E-state index contributed by atoms with van der Waals surface area (Å²) >= 11 is 1.61. The normalized spacial score (nSPS) is 17.4. The van der Waals surface area contributed by atoms with Crippen LogP contribution in [0.3, 0.4) is 0 Å². The van der Waals surface area contributed by atoms with E-state index in [2.05, 4.69) is 15.0 Å². The highest BCUT2D eigenvalue weighted by Crippen LogP contribution is 2.33. The van der Waals surface area contributed by atoms with Crippen LogP contribution in [-0.2, 0) is 0 Å². The second kappa shape index (κ2) is 6.20. The molecule has 4 rings (SSSR count). The summed E-state index contributed by atoms with van der Waals surface area (Å²) in [5.74, 6) is 0.0486. The van der Waals surface area contributed by atoms with Crippen LogP contribution in [0.2, 0.25) is 0 Å². The number of hydrogen-bond donors (Lipinski definition) is 1. The van der Waals surface area contributed by atoms with Gasteiger partial charge in [-0.25, -0.2) is 4.98 Å². The number of aromatic amines is 1. The molecule has 0 radical (unpaired) electrons. The van der Waals surface area contributed by atoms with Crippen molar-refractivity contribution < 1.29 is 4.79 Å². The minimum absolute atomic E-state index is 0.0486. The zero-order valence-electron chi connectivity index (χ0n) is 13.4. The fraction of sp³-hybridized carbons (Fsp3) is 0.278. The van der Waals surface area contributed by atoms with Crippen molar-refractivity contribution in [1.82, 2.24) is 19.9 Å². The molecule has 6 heteroatoms. The summed E-state index contributed by atoms with van der Waals surface area (Å²) in [7, 11) is 0. The third kappa shape index (κ3) is 2.73. The number of carbonyl (C=O) groups is 1. The van der Waals surface area contributed by atoms with Crippen molar-refractivity contribution in [2.45, 2.75) is 25.8 Å². The molecule has 1 unspecified atom stereocenters. The molecule has 1 fully saturated rings. The van der Waals surface area contributed by atoms with Crippen molar-refractivity contribution in [3.05, 3.63) is 58.4 Å². The van der Waals surface area contributed by atoms with E-state index in [1.807, 2.05) is 41.6 Å². The molecule has 0 bridgehead atoms. The molecule has 1 amide bonds. The molecule has 1 aliphatic heterocycles. The highest BCUT2D eigenvalue weighted by molar-refractivity contribution is 7.09. The molecule has 3 aromatic rings. The van der Waals surface area contributed by atoms with E-state index in [0.717, 1.165) is 41.2 Å². The van der Waals surface area contributed by atoms with Gasteiger partial charge >= 0.3 is 0 Å². The van der Waals surface area contributed by atoms with Gasteiger partial charge in [-0.2, -0.15) is 0 Å². The molecule has 0 spiro atoms. The summed E-state index contributed by atoms with van der Waals surface area (Å²) < 4.78 is 0. The lowest BCUT2D eigenvalue weighted by atomic mass is 10.1. The molecular formula is C18H18N4OS. The number of carbonyl (C=O) groups excluding carboxylic acids is 1. The lowest BCUT2D eigenvalue weighted by Gasteiger charge is -2.24. The Labute approximate surface area is 144 Å². The summed E-state index contributed by atoms with van der Waals surface area (Å²) in [5.41, 5.74) is 3.65. The van der Waals surface area contributed by atoms with E-state index in [1.54, 1.807) is 23.7 Å². The number of H-pyrrole nitrogens is 1. The molecule has 1 saturated heterocycles. The van der Waals surface area contributed by atoms with E-state index in [0.29, 0.717) is 5.69 Å². The molecule has 24 heavy (non-hydrogen) atoms. The van der Waals surface area contributed by atoms with Crippen LogP contribution in [0.25, 0.3) is 11.3 Å². The average molecular weight is 338 g/mol. The number of pyridine rings is 1. The summed E-state index contributed by atoms with van der Waals surface area (Å²) in [6.07, 6.45) is 7.45. The first kappa shape index (κ1) is 15.1. The first-order valence-electron chi connectivity index (χ1n) is 8.04. The van der Waals surface area contributed by atoms with Crippen molar-refractivity contribution in [2.75, 3.05) is 6.54 Å². The fourth-order valence-electron chi connectivity index (χ4n) is 3.26. The van der Waals surface area contributed by atoms with E-state index >= 15 is 0 Å². The minimum atomic E-state index is 0.0486. The Morgan fingerprint density at radius 1 is 1.38 bits per heavy atom. The van der Waals surface area contributed by atoms with Gasteiger partial charge in [0.15, 0.2) is 0 Å². The van der Waals surface area contributed by atoms with Gasteiger partial charge in [-0.05, 0) is 43.5 Å². The van der Waals surface area contributed by atoms with Gasteiger partial charge in [-0.3, -0.25) is 9.78 Å². The summed E-state index contributed by atoms with van der Waals surface area (Å²) in [6.45, 7) is 2.77. The van der Waals surface area contributed by atoms with E-state index < -0.39 is 0 Å². The van der Waals surface area contributed by atoms with Gasteiger partial charge < -0.3 is 9.88 Å². The number of likely N-dealkylation sites (tertiary alicyclic amines) is 1. The predicted molar refractivity (Wildman–Crippen MR) is 93.9 cm³/mol. The average Bonchev–Trinajstić information content (AvgIpc) is 3.35. The topological polar surface area (TPSA) is 61.9 Å². The van der Waals surface area contributed by atoms with Crippen LogP contribution in [0, 0.1) is 6.92 Å². The van der Waals surface area contributed by atoms with Crippen molar-refractivity contribution in [3.63, 3.8) is 0 Å². The summed E-state index contributed by atoms with van der Waals surface area (Å²) in [6, 6.07) is 6.02. The molecule has 3 aromatic heterocycles. The second-order valence-electron chi connectivity index (χ2n) is 5.99. The van der Waals surface area contributed by atoms with Gasteiger partial charge in [-0.15, -0.1) is 11.3 Å². The lowest BCUT2D eigenvalue weighted by Crippen LogP contribution is -2.30. The van der Waals surface area contributed by atoms with Crippen LogP contribution in [0.5, 0.6) is 0 Å². The van der Waals surface area contributed by atoms with E-state index in [9.17, 15) is 4.79 Å². The molecule has 5 nitrogen and oxygen atoms in total. The van der Waals surface area contributed by atoms with Crippen molar-refractivity contribution >= 4 is 17.2 Å². The molecule has 1 N–H and O–H groups in total. The molecule has 0 saturated carbocycles. The van der Waals surface area contributed by atoms with Crippen LogP contribution in [-0.4, -0.2) is 32.3 Å². The number of aromatic nitrogens is 3.